The first-order valence-electron chi connectivity index (χ1n) is 11.5. The number of fused-ring (bicyclic) bond motifs is 3. The minimum atomic E-state index is -0.393. The second-order valence-electron chi connectivity index (χ2n) is 8.84. The van der Waals surface area contributed by atoms with Crippen LogP contribution in [0.4, 0.5) is 0 Å². The van der Waals surface area contributed by atoms with Crippen LogP contribution < -0.4 is 24.6 Å². The zero-order valence-corrected chi connectivity index (χ0v) is 22.4. The molecular formula is C27H30BrNO6. The van der Waals surface area contributed by atoms with Gasteiger partial charge in [0.05, 0.1) is 26.4 Å². The molecule has 0 amide bonds. The van der Waals surface area contributed by atoms with Gasteiger partial charge in [-0.15, -0.1) is 0 Å². The minimum absolute atomic E-state index is 0.0210. The van der Waals surface area contributed by atoms with Crippen molar-refractivity contribution in [3.8, 4) is 23.0 Å². The molecule has 0 spiro atoms. The Morgan fingerprint density at radius 3 is 2.14 bits per heavy atom. The molecule has 2 aromatic carbocycles. The summed E-state index contributed by atoms with van der Waals surface area (Å²) in [4.78, 5) is 13.0. The highest BCUT2D eigenvalue weighted by molar-refractivity contribution is 9.10. The van der Waals surface area contributed by atoms with Gasteiger partial charge in [-0.3, -0.25) is 0 Å². The average Bonchev–Trinajstić information content (AvgIpc) is 3.23. The van der Waals surface area contributed by atoms with Crippen LogP contribution in [0, 0.1) is 0 Å². The Hall–Kier alpha value is -3.13. The van der Waals surface area contributed by atoms with Crippen LogP contribution in [-0.2, 0) is 13.0 Å². The molecular weight excluding hydrogens is 514 g/mol. The number of hydrogen-bond donors (Lipinski definition) is 0. The Labute approximate surface area is 212 Å². The van der Waals surface area contributed by atoms with Crippen LogP contribution in [0.25, 0.3) is 21.9 Å². The summed E-state index contributed by atoms with van der Waals surface area (Å²) in [5.41, 5.74) is 1.63. The highest BCUT2D eigenvalue weighted by Crippen LogP contribution is 2.37. The van der Waals surface area contributed by atoms with Crippen molar-refractivity contribution >= 4 is 37.8 Å². The van der Waals surface area contributed by atoms with Crippen molar-refractivity contribution in [3.05, 3.63) is 57.0 Å². The van der Waals surface area contributed by atoms with Crippen molar-refractivity contribution in [2.45, 2.75) is 52.9 Å². The van der Waals surface area contributed by atoms with E-state index in [1.54, 1.807) is 20.3 Å². The Morgan fingerprint density at radius 1 is 0.886 bits per heavy atom. The van der Waals surface area contributed by atoms with Crippen molar-refractivity contribution < 1.29 is 23.4 Å². The maximum Gasteiger partial charge on any atom is 0.361 e. The summed E-state index contributed by atoms with van der Waals surface area (Å²) in [6, 6.07) is 9.40. The van der Waals surface area contributed by atoms with Crippen LogP contribution in [-0.4, -0.2) is 31.0 Å². The van der Waals surface area contributed by atoms with Crippen LogP contribution >= 0.6 is 15.9 Å². The van der Waals surface area contributed by atoms with E-state index in [1.165, 1.54) is 0 Å². The Morgan fingerprint density at radius 2 is 1.51 bits per heavy atom. The van der Waals surface area contributed by atoms with E-state index < -0.39 is 5.63 Å². The molecule has 2 heterocycles. The molecule has 0 saturated heterocycles. The van der Waals surface area contributed by atoms with E-state index in [1.807, 2.05) is 62.7 Å². The quantitative estimate of drug-likeness (QED) is 0.229. The van der Waals surface area contributed by atoms with Crippen molar-refractivity contribution in [2.24, 2.45) is 0 Å². The summed E-state index contributed by atoms with van der Waals surface area (Å²) in [5, 5.41) is 1.60. The normalized spacial score (nSPS) is 11.6. The zero-order valence-electron chi connectivity index (χ0n) is 20.8. The SMILES string of the molecule is COc1cc(Br)c(CCn2ccc3c4cc(OC)c(OC(C)C)cc4oc(=O)c32)cc1OC(C)C. The largest absolute Gasteiger partial charge is 0.493 e. The maximum absolute atomic E-state index is 13.0. The third kappa shape index (κ3) is 5.12. The molecule has 4 rings (SSSR count). The van der Waals surface area contributed by atoms with E-state index in [0.29, 0.717) is 47.1 Å². The van der Waals surface area contributed by atoms with Crippen LogP contribution in [0.3, 0.4) is 0 Å². The molecule has 0 bridgehead atoms. The summed E-state index contributed by atoms with van der Waals surface area (Å²) in [7, 11) is 3.22. The van der Waals surface area contributed by atoms with E-state index in [9.17, 15) is 4.79 Å². The van der Waals surface area contributed by atoms with E-state index in [0.717, 1.165) is 20.8 Å². The first-order chi connectivity index (χ1) is 16.7. The molecule has 0 aliphatic heterocycles. The van der Waals surface area contributed by atoms with E-state index in [2.05, 4.69) is 15.9 Å². The van der Waals surface area contributed by atoms with Gasteiger partial charge in [-0.2, -0.15) is 0 Å². The van der Waals surface area contributed by atoms with Gasteiger partial charge in [-0.05, 0) is 63.9 Å². The summed E-state index contributed by atoms with van der Waals surface area (Å²) < 4.78 is 31.3. The number of aromatic nitrogens is 1. The lowest BCUT2D eigenvalue weighted by Gasteiger charge is -2.16. The topological polar surface area (TPSA) is 72.1 Å². The van der Waals surface area contributed by atoms with Crippen LogP contribution in [0.2, 0.25) is 0 Å². The predicted molar refractivity (Wildman–Crippen MR) is 140 cm³/mol. The van der Waals surface area contributed by atoms with Gasteiger partial charge in [0, 0.05) is 34.1 Å². The molecule has 0 saturated carbocycles. The number of aryl methyl sites for hydroxylation is 2. The second kappa shape index (κ2) is 10.2. The third-order valence-electron chi connectivity index (χ3n) is 5.60. The molecule has 186 valence electrons. The number of benzene rings is 2. The number of methoxy groups -OCH3 is 2. The molecule has 0 unspecified atom stereocenters. The lowest BCUT2D eigenvalue weighted by Crippen LogP contribution is -2.10. The van der Waals surface area contributed by atoms with E-state index >= 15 is 0 Å². The number of nitrogens with zero attached hydrogens (tertiary/aromatic N) is 1. The van der Waals surface area contributed by atoms with E-state index in [-0.39, 0.29) is 12.2 Å². The predicted octanol–water partition coefficient (Wildman–Crippen LogP) is 6.34. The van der Waals surface area contributed by atoms with Gasteiger partial charge in [0.25, 0.3) is 0 Å². The van der Waals surface area contributed by atoms with Gasteiger partial charge in [0.1, 0.15) is 11.1 Å². The molecule has 0 N–H and O–H groups in total. The van der Waals surface area contributed by atoms with Gasteiger partial charge in [-0.1, -0.05) is 15.9 Å². The third-order valence-corrected chi connectivity index (χ3v) is 6.33. The van der Waals surface area contributed by atoms with Gasteiger partial charge < -0.3 is 27.9 Å². The Balaban J connectivity index is 1.71. The Kier molecular flexibility index (Phi) is 7.31. The number of hydrogen-bond acceptors (Lipinski definition) is 6. The summed E-state index contributed by atoms with van der Waals surface area (Å²) in [5.74, 6) is 2.49. The molecule has 8 heteroatoms. The summed E-state index contributed by atoms with van der Waals surface area (Å²) in [6.07, 6.45) is 2.56. The number of ether oxygens (including phenoxy) is 4. The molecule has 35 heavy (non-hydrogen) atoms. The molecule has 0 aliphatic rings. The van der Waals surface area contributed by atoms with Crippen LogP contribution in [0.15, 0.2) is 50.2 Å². The van der Waals surface area contributed by atoms with Gasteiger partial charge in [0.2, 0.25) is 0 Å². The Bertz CT molecular complexity index is 1420. The molecule has 0 aliphatic carbocycles. The standard InChI is InChI=1S/C27H30BrNO6/c1-15(2)33-24-11-17(20(28)13-23(24)32-6)7-9-29-10-8-18-19-12-22(31-5)25(34-16(3)4)14-21(19)35-27(30)26(18)29/h8,10-16H,7,9H2,1-6H3. The smallest absolute Gasteiger partial charge is 0.361 e. The summed E-state index contributed by atoms with van der Waals surface area (Å²) >= 11 is 3.64. The number of rotatable bonds is 9. The van der Waals surface area contributed by atoms with Crippen LogP contribution in [0.1, 0.15) is 33.3 Å². The molecule has 2 aromatic heterocycles. The maximum atomic E-state index is 13.0. The van der Waals surface area contributed by atoms with Crippen molar-refractivity contribution in [1.82, 2.24) is 4.57 Å². The fraction of sp³-hybridized carbons (Fsp3) is 0.370. The van der Waals surface area contributed by atoms with Crippen LogP contribution in [0.5, 0.6) is 23.0 Å². The monoisotopic (exact) mass is 543 g/mol. The summed E-state index contributed by atoms with van der Waals surface area (Å²) in [6.45, 7) is 8.40. The van der Waals surface area contributed by atoms with Crippen molar-refractivity contribution in [3.63, 3.8) is 0 Å². The lowest BCUT2D eigenvalue weighted by atomic mass is 10.1. The first-order valence-corrected chi connectivity index (χ1v) is 12.3. The molecule has 4 aromatic rings. The van der Waals surface area contributed by atoms with Crippen molar-refractivity contribution in [2.75, 3.05) is 14.2 Å². The first kappa shape index (κ1) is 25.0. The van der Waals surface area contributed by atoms with Gasteiger partial charge >= 0.3 is 5.63 Å². The molecule has 0 radical (unpaired) electrons. The van der Waals surface area contributed by atoms with Gasteiger partial charge in [0.15, 0.2) is 23.0 Å². The molecule has 0 fully saturated rings. The minimum Gasteiger partial charge on any atom is -0.493 e. The number of halogens is 1. The lowest BCUT2D eigenvalue weighted by molar-refractivity contribution is 0.229. The fourth-order valence-corrected chi connectivity index (χ4v) is 4.63. The molecule has 0 atom stereocenters. The van der Waals surface area contributed by atoms with Crippen molar-refractivity contribution in [1.29, 1.82) is 0 Å². The highest BCUT2D eigenvalue weighted by Gasteiger charge is 2.17. The van der Waals surface area contributed by atoms with E-state index in [4.69, 9.17) is 23.4 Å². The zero-order chi connectivity index (χ0) is 25.3. The second-order valence-corrected chi connectivity index (χ2v) is 9.69. The highest BCUT2D eigenvalue weighted by atomic mass is 79.9. The fourth-order valence-electron chi connectivity index (χ4n) is 4.11. The average molecular weight is 544 g/mol. The molecule has 7 nitrogen and oxygen atoms in total. The van der Waals surface area contributed by atoms with Gasteiger partial charge in [-0.25, -0.2) is 4.79 Å².